The van der Waals surface area contributed by atoms with Gasteiger partial charge in [0.05, 0.1) is 0 Å². The van der Waals surface area contributed by atoms with Crippen LogP contribution in [0.4, 0.5) is 0 Å². The Labute approximate surface area is 192 Å². The summed E-state index contributed by atoms with van der Waals surface area (Å²) in [7, 11) is 0. The van der Waals surface area contributed by atoms with Crippen LogP contribution in [0.3, 0.4) is 0 Å². The summed E-state index contributed by atoms with van der Waals surface area (Å²) in [6, 6.07) is 0. The van der Waals surface area contributed by atoms with E-state index in [1.54, 1.807) is 0 Å². The van der Waals surface area contributed by atoms with Crippen molar-refractivity contribution < 1.29 is 17.1 Å². The fraction of sp³-hybridized carbons (Fsp3) is 0.857. The Morgan fingerprint density at radius 1 is 0.345 bits per heavy atom. The Morgan fingerprint density at radius 3 is 0.621 bits per heavy atom. The van der Waals surface area contributed by atoms with Gasteiger partial charge >= 0.3 is 17.1 Å². The van der Waals surface area contributed by atoms with E-state index in [9.17, 15) is 0 Å². The molecule has 0 heterocycles. The van der Waals surface area contributed by atoms with E-state index < -0.39 is 0 Å². The van der Waals surface area contributed by atoms with Crippen molar-refractivity contribution in [3.05, 3.63) is 25.7 Å². The smallest absolute Gasteiger partial charge is 0.325 e. The third kappa shape index (κ3) is 6.28. The molecule has 29 heavy (non-hydrogen) atoms. The molecule has 8 atom stereocenters. The molecule has 0 N–H and O–H groups in total. The summed E-state index contributed by atoms with van der Waals surface area (Å²) < 4.78 is 0. The van der Waals surface area contributed by atoms with E-state index in [4.69, 9.17) is 0 Å². The van der Waals surface area contributed by atoms with Gasteiger partial charge in [-0.25, -0.2) is 0 Å². The van der Waals surface area contributed by atoms with Gasteiger partial charge in [-0.15, -0.1) is 0 Å². The molecule has 8 bridgehead atoms. The maximum absolute atomic E-state index is 2.51. The van der Waals surface area contributed by atoms with Crippen LogP contribution < -0.4 is 0 Å². The summed E-state index contributed by atoms with van der Waals surface area (Å²) in [4.78, 5) is 0. The van der Waals surface area contributed by atoms with Crippen molar-refractivity contribution in [1.29, 1.82) is 0 Å². The van der Waals surface area contributed by atoms with Gasteiger partial charge in [0.2, 0.25) is 0 Å². The Hall–Kier alpha value is 0.519. The molecule has 0 saturated heterocycles. The van der Waals surface area contributed by atoms with Crippen molar-refractivity contribution in [2.75, 3.05) is 0 Å². The zero-order chi connectivity index (χ0) is 18.8. The predicted octanol–water partition coefficient (Wildman–Crippen LogP) is 8.04. The van der Waals surface area contributed by atoms with E-state index in [1.807, 2.05) is 0 Å². The molecular formula is C28H44Fe. The molecule has 0 radical (unpaired) electrons. The molecule has 0 aromatic rings. The third-order valence-corrected chi connectivity index (χ3v) is 9.54. The monoisotopic (exact) mass is 436 g/mol. The van der Waals surface area contributed by atoms with Crippen LogP contribution in [0.25, 0.3) is 0 Å². The van der Waals surface area contributed by atoms with Crippen LogP contribution >= 0.6 is 0 Å². The molecule has 8 unspecified atom stereocenters. The number of fused-ring (bicyclic) bond motifs is 8. The van der Waals surface area contributed by atoms with Crippen molar-refractivity contribution in [1.82, 2.24) is 0 Å². The molecule has 8 saturated carbocycles. The van der Waals surface area contributed by atoms with Crippen LogP contribution in [0.1, 0.15) is 103 Å². The largest absolute Gasteiger partial charge is 4.00 e. The molecule has 0 nitrogen and oxygen atoms in total. The summed E-state index contributed by atoms with van der Waals surface area (Å²) in [6.45, 7) is 0. The Balaban J connectivity index is 0.0000000931. The first-order valence-corrected chi connectivity index (χ1v) is 13.1. The predicted molar refractivity (Wildman–Crippen MR) is 119 cm³/mol. The van der Waals surface area contributed by atoms with E-state index >= 15 is 0 Å². The number of hydrogen-bond donors (Lipinski definition) is 0. The second kappa shape index (κ2) is 10.9. The van der Waals surface area contributed by atoms with Crippen LogP contribution in [0.2, 0.25) is 0 Å². The minimum absolute atomic E-state index is 0. The van der Waals surface area contributed by atoms with Crippen molar-refractivity contribution in [2.24, 2.45) is 47.3 Å². The van der Waals surface area contributed by atoms with Gasteiger partial charge < -0.3 is 25.7 Å². The summed E-state index contributed by atoms with van der Waals surface area (Å²) in [6.07, 6.45) is 34.0. The Bertz CT molecular complexity index is 327. The molecule has 0 amide bonds. The van der Waals surface area contributed by atoms with Crippen LogP contribution in [-0.4, -0.2) is 0 Å². The minimum Gasteiger partial charge on any atom is -0.325 e. The van der Waals surface area contributed by atoms with Crippen LogP contribution in [0, 0.1) is 73.0 Å². The van der Waals surface area contributed by atoms with Crippen LogP contribution in [0.15, 0.2) is 0 Å². The van der Waals surface area contributed by atoms with E-state index in [0.717, 1.165) is 47.3 Å². The molecule has 1 heteroatoms. The number of hydrogen-bond acceptors (Lipinski definition) is 0. The maximum atomic E-state index is 2.51. The summed E-state index contributed by atoms with van der Waals surface area (Å²) in [5.74, 6) is 8.65. The van der Waals surface area contributed by atoms with E-state index in [2.05, 4.69) is 25.7 Å². The topological polar surface area (TPSA) is 0 Å². The second-order valence-corrected chi connectivity index (χ2v) is 11.6. The Morgan fingerprint density at radius 2 is 0.586 bits per heavy atom. The zero-order valence-corrected chi connectivity index (χ0v) is 19.7. The van der Waals surface area contributed by atoms with E-state index in [1.165, 1.54) is 103 Å². The molecule has 8 aliphatic rings. The van der Waals surface area contributed by atoms with Crippen molar-refractivity contribution >= 4 is 0 Å². The van der Waals surface area contributed by atoms with E-state index in [-0.39, 0.29) is 17.1 Å². The molecule has 8 rings (SSSR count). The molecule has 164 valence electrons. The molecule has 0 aromatic carbocycles. The van der Waals surface area contributed by atoms with Gasteiger partial charge in [-0.05, 0) is 0 Å². The van der Waals surface area contributed by atoms with Gasteiger partial charge in [-0.1, -0.05) is 101 Å². The van der Waals surface area contributed by atoms with Gasteiger partial charge in [0.25, 0.3) is 0 Å². The Kier molecular flexibility index (Phi) is 8.53. The first kappa shape index (κ1) is 22.7. The second-order valence-electron chi connectivity index (χ2n) is 11.6. The molecule has 0 aromatic heterocycles. The quantitative estimate of drug-likeness (QED) is 0.266. The maximum Gasteiger partial charge on any atom is 4.00 e. The van der Waals surface area contributed by atoms with Gasteiger partial charge in [0, 0.05) is 0 Å². The summed E-state index contributed by atoms with van der Waals surface area (Å²) in [5.41, 5.74) is 0. The fourth-order valence-electron chi connectivity index (χ4n) is 7.71. The van der Waals surface area contributed by atoms with Crippen molar-refractivity contribution in [2.45, 2.75) is 103 Å². The standard InChI is InChI=1S/4C7H11.Fe/c4*1-2-7-4-3-6(1)5-7;/h4*1,6-7H,2-5H2;/q4*-1;+4. The van der Waals surface area contributed by atoms with Gasteiger partial charge in [0.15, 0.2) is 0 Å². The van der Waals surface area contributed by atoms with Gasteiger partial charge in [0.1, 0.15) is 0 Å². The normalized spacial score (nSPS) is 46.3. The third-order valence-electron chi connectivity index (χ3n) is 9.54. The van der Waals surface area contributed by atoms with Crippen LogP contribution in [0.5, 0.6) is 0 Å². The molecule has 8 fully saturated rings. The van der Waals surface area contributed by atoms with Crippen LogP contribution in [-0.2, 0) is 17.1 Å². The number of rotatable bonds is 0. The summed E-state index contributed by atoms with van der Waals surface area (Å²) in [5, 5.41) is 0. The zero-order valence-electron chi connectivity index (χ0n) is 18.6. The average molecular weight is 437 g/mol. The first-order chi connectivity index (χ1) is 13.8. The van der Waals surface area contributed by atoms with Crippen molar-refractivity contribution in [3.63, 3.8) is 0 Å². The summed E-state index contributed by atoms with van der Waals surface area (Å²) >= 11 is 0. The average Bonchev–Trinajstić information content (AvgIpc) is 3.63. The van der Waals surface area contributed by atoms with Gasteiger partial charge in [-0.3, -0.25) is 0 Å². The van der Waals surface area contributed by atoms with Gasteiger partial charge in [-0.2, -0.15) is 49.4 Å². The molecule has 0 spiro atoms. The fourth-order valence-corrected chi connectivity index (χ4v) is 7.71. The molecule has 8 aliphatic carbocycles. The SMILES string of the molecule is [CH-]1CC2CCC1C2.[CH-]1CC2CCC1C2.[CH-]1CC2CCC1C2.[CH-]1CC2CCC1C2.[Fe+4]. The van der Waals surface area contributed by atoms with Crippen molar-refractivity contribution in [3.8, 4) is 0 Å². The molecular weight excluding hydrogens is 392 g/mol. The molecule has 0 aliphatic heterocycles. The minimum atomic E-state index is 0. The van der Waals surface area contributed by atoms with E-state index in [0.29, 0.717) is 0 Å². The first-order valence-electron chi connectivity index (χ1n) is 13.1.